The fourth-order valence-corrected chi connectivity index (χ4v) is 4.41. The number of nitro groups is 1. The molecular weight excluding hydrogens is 442 g/mol. The average Bonchev–Trinajstić information content (AvgIpc) is 3.44. The van der Waals surface area contributed by atoms with Crippen molar-refractivity contribution >= 4 is 22.7 Å². The maximum Gasteiger partial charge on any atom is 0.272 e. The number of hydrogen-bond acceptors (Lipinski definition) is 7. The van der Waals surface area contributed by atoms with Crippen molar-refractivity contribution in [2.75, 3.05) is 69.9 Å². The number of hydrogen-bond donors (Lipinski definition) is 1. The molecule has 10 heteroatoms. The quantitative estimate of drug-likeness (QED) is 0.402. The van der Waals surface area contributed by atoms with Crippen LogP contribution in [-0.2, 0) is 0 Å². The minimum Gasteiger partial charge on any atom is -0.399 e. The van der Waals surface area contributed by atoms with Crippen LogP contribution in [0.25, 0.3) is 0 Å². The van der Waals surface area contributed by atoms with Gasteiger partial charge >= 0.3 is 0 Å². The van der Waals surface area contributed by atoms with Gasteiger partial charge in [0.05, 0.1) is 22.4 Å². The first-order valence-electron chi connectivity index (χ1n) is 11.4. The molecule has 2 unspecified atom stereocenters. The first kappa shape index (κ1) is 25.6. The Labute approximate surface area is 199 Å². The topological polar surface area (TPSA) is 82.1 Å². The van der Waals surface area contributed by atoms with E-state index in [4.69, 9.17) is 5.73 Å². The van der Waals surface area contributed by atoms with E-state index in [2.05, 4.69) is 28.8 Å². The molecule has 2 N–H and O–H groups in total. The summed E-state index contributed by atoms with van der Waals surface area (Å²) in [5.41, 5.74) is 6.92. The summed E-state index contributed by atoms with van der Waals surface area (Å²) >= 11 is 0. The Kier molecular flexibility index (Phi) is 8.27. The van der Waals surface area contributed by atoms with E-state index in [9.17, 15) is 18.9 Å². The van der Waals surface area contributed by atoms with Gasteiger partial charge in [-0.25, -0.2) is 8.78 Å². The van der Waals surface area contributed by atoms with Crippen LogP contribution in [0.3, 0.4) is 0 Å². The average molecular weight is 477 g/mol. The van der Waals surface area contributed by atoms with E-state index in [0.717, 1.165) is 45.1 Å². The molecule has 0 aliphatic carbocycles. The summed E-state index contributed by atoms with van der Waals surface area (Å²) in [5.74, 6) is -0.747. The molecule has 2 aromatic carbocycles. The van der Waals surface area contributed by atoms with Gasteiger partial charge < -0.3 is 25.3 Å². The van der Waals surface area contributed by atoms with Gasteiger partial charge in [-0.15, -0.1) is 0 Å². The largest absolute Gasteiger partial charge is 0.399 e. The smallest absolute Gasteiger partial charge is 0.272 e. The Morgan fingerprint density at radius 3 is 1.74 bits per heavy atom. The lowest BCUT2D eigenvalue weighted by Gasteiger charge is -2.22. The summed E-state index contributed by atoms with van der Waals surface area (Å²) in [4.78, 5) is 18.3. The molecule has 0 saturated carbocycles. The molecule has 0 spiro atoms. The third-order valence-electron chi connectivity index (χ3n) is 6.58. The van der Waals surface area contributed by atoms with Crippen LogP contribution < -0.4 is 15.5 Å². The highest BCUT2D eigenvalue weighted by atomic mass is 19.1. The zero-order valence-electron chi connectivity index (χ0n) is 20.2. The molecule has 8 nitrogen and oxygen atoms in total. The molecule has 2 saturated heterocycles. The standard InChI is InChI=1S/C12H16FN3O2.C12H18FN3/c1-14(2)10-5-6-15(8-10)12-4-3-9(16(17)18)7-11(12)13;1-15(2)10-5-6-16(8-10)12-4-3-9(14)7-11(12)13/h3-4,7,10H,5-6,8H2,1-2H3;3-4,7,10H,5-6,8,14H2,1-2H3. The number of benzene rings is 2. The minimum absolute atomic E-state index is 0.209. The zero-order valence-corrected chi connectivity index (χ0v) is 20.2. The summed E-state index contributed by atoms with van der Waals surface area (Å²) in [5, 5.41) is 10.5. The predicted molar refractivity (Wildman–Crippen MR) is 132 cm³/mol. The molecule has 2 fully saturated rings. The van der Waals surface area contributed by atoms with Crippen LogP contribution in [0, 0.1) is 21.7 Å². The zero-order chi connectivity index (χ0) is 25.0. The third-order valence-corrected chi connectivity index (χ3v) is 6.58. The molecule has 186 valence electrons. The van der Waals surface area contributed by atoms with E-state index in [-0.39, 0.29) is 11.5 Å². The fourth-order valence-electron chi connectivity index (χ4n) is 4.41. The van der Waals surface area contributed by atoms with Gasteiger partial charge in [0.15, 0.2) is 5.82 Å². The number of nitrogens with two attached hydrogens (primary N) is 1. The molecule has 2 aromatic rings. The van der Waals surface area contributed by atoms with Gasteiger partial charge in [-0.3, -0.25) is 10.1 Å². The Balaban J connectivity index is 0.000000192. The maximum atomic E-state index is 13.8. The number of nitro benzene ring substituents is 1. The summed E-state index contributed by atoms with van der Waals surface area (Å²) in [6.45, 7) is 3.32. The summed E-state index contributed by atoms with van der Waals surface area (Å²) < 4.78 is 27.5. The van der Waals surface area contributed by atoms with Gasteiger partial charge in [-0.05, 0) is 65.3 Å². The van der Waals surface area contributed by atoms with Crippen molar-refractivity contribution in [2.24, 2.45) is 0 Å². The highest BCUT2D eigenvalue weighted by molar-refractivity contribution is 5.55. The van der Waals surface area contributed by atoms with Crippen molar-refractivity contribution < 1.29 is 13.7 Å². The van der Waals surface area contributed by atoms with E-state index in [0.29, 0.717) is 29.1 Å². The highest BCUT2D eigenvalue weighted by Gasteiger charge is 2.27. The molecule has 0 aromatic heterocycles. The normalized spacial score (nSPS) is 20.1. The lowest BCUT2D eigenvalue weighted by Crippen LogP contribution is -2.31. The summed E-state index contributed by atoms with van der Waals surface area (Å²) in [6, 6.07) is 9.64. The van der Waals surface area contributed by atoms with Crippen LogP contribution in [0.2, 0.25) is 0 Å². The molecule has 34 heavy (non-hydrogen) atoms. The van der Waals surface area contributed by atoms with Crippen LogP contribution >= 0.6 is 0 Å². The molecule has 0 radical (unpaired) electrons. The van der Waals surface area contributed by atoms with Crippen LogP contribution in [0.15, 0.2) is 36.4 Å². The second kappa shape index (κ2) is 11.0. The number of nitrogen functional groups attached to an aromatic ring is 1. The molecule has 4 rings (SSSR count). The van der Waals surface area contributed by atoms with Crippen molar-refractivity contribution in [1.29, 1.82) is 0 Å². The van der Waals surface area contributed by atoms with Crippen LogP contribution in [0.4, 0.5) is 31.5 Å². The van der Waals surface area contributed by atoms with Gasteiger partial charge in [0, 0.05) is 50.0 Å². The first-order chi connectivity index (χ1) is 16.1. The number of anilines is 3. The molecule has 2 aliphatic rings. The Morgan fingerprint density at radius 1 is 0.882 bits per heavy atom. The number of non-ortho nitro benzene ring substituents is 1. The molecule has 0 amide bonds. The van der Waals surface area contributed by atoms with Crippen molar-refractivity contribution in [3.63, 3.8) is 0 Å². The number of rotatable bonds is 5. The highest BCUT2D eigenvalue weighted by Crippen LogP contribution is 2.28. The van der Waals surface area contributed by atoms with Crippen molar-refractivity contribution in [1.82, 2.24) is 9.80 Å². The number of halogens is 2. The fraction of sp³-hybridized carbons (Fsp3) is 0.500. The van der Waals surface area contributed by atoms with Gasteiger partial charge in [-0.1, -0.05) is 0 Å². The molecule has 0 bridgehead atoms. The van der Waals surface area contributed by atoms with E-state index < -0.39 is 10.7 Å². The molecular formula is C24H34F2N6O2. The van der Waals surface area contributed by atoms with Gasteiger partial charge in [0.1, 0.15) is 5.82 Å². The van der Waals surface area contributed by atoms with Crippen LogP contribution in [-0.4, -0.2) is 81.2 Å². The second-order valence-electron chi connectivity index (χ2n) is 9.31. The van der Waals surface area contributed by atoms with Gasteiger partial charge in [0.25, 0.3) is 5.69 Å². The van der Waals surface area contributed by atoms with Crippen molar-refractivity contribution in [2.45, 2.75) is 24.9 Å². The summed E-state index contributed by atoms with van der Waals surface area (Å²) in [6.07, 6.45) is 2.06. The Bertz CT molecular complexity index is 1000. The lowest BCUT2D eigenvalue weighted by atomic mass is 10.2. The second-order valence-corrected chi connectivity index (χ2v) is 9.31. The van der Waals surface area contributed by atoms with E-state index in [1.165, 1.54) is 18.2 Å². The molecule has 2 aliphatic heterocycles. The minimum atomic E-state index is -0.584. The first-order valence-corrected chi connectivity index (χ1v) is 11.4. The lowest BCUT2D eigenvalue weighted by molar-refractivity contribution is -0.385. The SMILES string of the molecule is CN(C)C1CCN(c2ccc(N)cc2F)C1.CN(C)C1CCN(c2ccc([N+](=O)[O-])cc2F)C1. The van der Waals surface area contributed by atoms with Crippen LogP contribution in [0.5, 0.6) is 0 Å². The van der Waals surface area contributed by atoms with Crippen LogP contribution in [0.1, 0.15) is 12.8 Å². The van der Waals surface area contributed by atoms with E-state index in [1.54, 1.807) is 12.1 Å². The Hall–Kier alpha value is -2.98. The number of nitrogens with zero attached hydrogens (tertiary/aromatic N) is 5. The third kappa shape index (κ3) is 6.12. The maximum absolute atomic E-state index is 13.8. The summed E-state index contributed by atoms with van der Waals surface area (Å²) in [7, 11) is 8.13. The van der Waals surface area contributed by atoms with Crippen molar-refractivity contribution in [3.05, 3.63) is 58.1 Å². The van der Waals surface area contributed by atoms with Gasteiger partial charge in [-0.2, -0.15) is 0 Å². The monoisotopic (exact) mass is 476 g/mol. The molecule has 2 atom stereocenters. The van der Waals surface area contributed by atoms with Gasteiger partial charge in [0.2, 0.25) is 0 Å². The van der Waals surface area contributed by atoms with E-state index >= 15 is 0 Å². The Morgan fingerprint density at radius 2 is 1.35 bits per heavy atom. The number of likely N-dealkylation sites (N-methyl/N-ethyl adjacent to an activating group) is 2. The van der Waals surface area contributed by atoms with E-state index in [1.807, 2.05) is 19.0 Å². The van der Waals surface area contributed by atoms with Crippen molar-refractivity contribution in [3.8, 4) is 0 Å². The molecule has 2 heterocycles. The predicted octanol–water partition coefficient (Wildman–Crippen LogP) is 3.42.